The van der Waals surface area contributed by atoms with Gasteiger partial charge < -0.3 is 63.6 Å². The van der Waals surface area contributed by atoms with E-state index in [1.807, 2.05) is 37.4 Å². The molecule has 2 fully saturated rings. The number of nitrogens with one attached hydrogen (secondary N) is 3. The standard InChI is InChI=1S/C57H65N7O13/c1-6-14-75-57(69)60-12-9-53(65)59-13-16-72-18-20-74-22-21-73-19-17-71-15-10-54(66)58-11-7-8-41-26-42(36-76-50-30-48-46(25-40(50)4)55(67)63-34-38(2)23-44(63)32-61-48)28-43(27-41)37-77-52-31-49-47(29-51(52)70-5)56(68)64-35-39(3)24-45(64)33-62-49/h1,25-33,44-45H,2-3,9-24,34-37H2,4-5H3,(H,58,66)(H,59,65)(H,60,69)/t44-,45-/m0/s1. The average molecular weight is 1060 g/mol. The minimum absolute atomic E-state index is 0.0828. The summed E-state index contributed by atoms with van der Waals surface area (Å²) in [7, 11) is 1.52. The van der Waals surface area contributed by atoms with Crippen LogP contribution >= 0.6 is 0 Å². The summed E-state index contributed by atoms with van der Waals surface area (Å²) in [5, 5.41) is 7.93. The Labute approximate surface area is 448 Å². The molecule has 0 aromatic heterocycles. The zero-order valence-corrected chi connectivity index (χ0v) is 43.6. The Bertz CT molecular complexity index is 2850. The molecular formula is C57H65N7O13. The van der Waals surface area contributed by atoms with Gasteiger partial charge in [0.15, 0.2) is 18.1 Å². The van der Waals surface area contributed by atoms with Gasteiger partial charge in [-0.15, -0.1) is 6.42 Å². The minimum Gasteiger partial charge on any atom is -0.493 e. The number of rotatable bonds is 27. The Balaban J connectivity index is 0.853. The maximum absolute atomic E-state index is 13.6. The fourth-order valence-electron chi connectivity index (χ4n) is 8.64. The van der Waals surface area contributed by atoms with Crippen molar-refractivity contribution in [2.45, 2.75) is 57.9 Å². The second-order valence-corrected chi connectivity index (χ2v) is 18.3. The number of amides is 5. The number of hydrogen-bond acceptors (Lipinski definition) is 15. The van der Waals surface area contributed by atoms with Gasteiger partial charge in [-0.1, -0.05) is 42.1 Å². The molecule has 3 aromatic rings. The molecule has 2 atom stereocenters. The molecule has 4 aliphatic heterocycles. The van der Waals surface area contributed by atoms with E-state index in [0.29, 0.717) is 124 Å². The van der Waals surface area contributed by atoms with Crippen LogP contribution in [0.2, 0.25) is 0 Å². The summed E-state index contributed by atoms with van der Waals surface area (Å²) in [4.78, 5) is 75.8. The predicted octanol–water partition coefficient (Wildman–Crippen LogP) is 4.92. The molecule has 0 aliphatic carbocycles. The van der Waals surface area contributed by atoms with Gasteiger partial charge in [-0.3, -0.25) is 29.2 Å². The second-order valence-electron chi connectivity index (χ2n) is 18.3. The van der Waals surface area contributed by atoms with E-state index in [1.165, 1.54) is 7.11 Å². The Hall–Kier alpha value is -8.01. The average Bonchev–Trinajstić information content (AvgIpc) is 3.94. The lowest BCUT2D eigenvalue weighted by atomic mass is 10.1. The van der Waals surface area contributed by atoms with E-state index >= 15 is 0 Å². The number of ether oxygens (including phenoxy) is 8. The summed E-state index contributed by atoms with van der Waals surface area (Å²) in [5.74, 6) is 9.08. The van der Waals surface area contributed by atoms with E-state index in [9.17, 15) is 24.0 Å². The highest BCUT2D eigenvalue weighted by Crippen LogP contribution is 2.39. The molecule has 3 aromatic carbocycles. The van der Waals surface area contributed by atoms with Gasteiger partial charge in [0, 0.05) is 69.1 Å². The van der Waals surface area contributed by atoms with Gasteiger partial charge in [-0.25, -0.2) is 4.79 Å². The van der Waals surface area contributed by atoms with Crippen molar-refractivity contribution in [3.05, 3.63) is 100 Å². The lowest BCUT2D eigenvalue weighted by Crippen LogP contribution is -2.35. The van der Waals surface area contributed by atoms with Crippen LogP contribution in [0.25, 0.3) is 0 Å². The first kappa shape index (κ1) is 56.7. The van der Waals surface area contributed by atoms with E-state index in [1.54, 1.807) is 34.2 Å². The first-order valence-corrected chi connectivity index (χ1v) is 25.3. The van der Waals surface area contributed by atoms with Crippen molar-refractivity contribution in [2.75, 3.05) is 99.3 Å². The quantitative estimate of drug-likeness (QED) is 0.0524. The van der Waals surface area contributed by atoms with Crippen molar-refractivity contribution in [3.8, 4) is 41.4 Å². The summed E-state index contributed by atoms with van der Waals surface area (Å²) in [6.45, 7) is 14.3. The molecule has 20 heteroatoms. The van der Waals surface area contributed by atoms with Gasteiger partial charge in [0.05, 0.1) is 101 Å². The van der Waals surface area contributed by atoms with Crippen LogP contribution in [-0.4, -0.2) is 163 Å². The number of nitrogens with zero attached hydrogens (tertiary/aromatic N) is 4. The first-order chi connectivity index (χ1) is 37.4. The highest BCUT2D eigenvalue weighted by atomic mass is 16.6. The van der Waals surface area contributed by atoms with Crippen LogP contribution in [0.3, 0.4) is 0 Å². The van der Waals surface area contributed by atoms with Gasteiger partial charge in [0.1, 0.15) is 19.0 Å². The number of hydrogen-bond donors (Lipinski definition) is 3. The number of benzene rings is 3. The maximum atomic E-state index is 13.6. The molecule has 0 saturated carbocycles. The van der Waals surface area contributed by atoms with E-state index in [-0.39, 0.29) is 88.1 Å². The number of fused-ring (bicyclic) bond motifs is 4. The monoisotopic (exact) mass is 1060 g/mol. The number of carbonyl (C=O) groups excluding carboxylic acids is 5. The third-order valence-corrected chi connectivity index (χ3v) is 12.4. The third-order valence-electron chi connectivity index (χ3n) is 12.4. The minimum atomic E-state index is -0.675. The van der Waals surface area contributed by atoms with Crippen LogP contribution in [-0.2, 0) is 46.5 Å². The highest BCUT2D eigenvalue weighted by molar-refractivity contribution is 6.04. The first-order valence-electron chi connectivity index (χ1n) is 25.3. The number of alkyl carbamates (subject to hydrolysis) is 1. The van der Waals surface area contributed by atoms with Gasteiger partial charge >= 0.3 is 6.09 Å². The summed E-state index contributed by atoms with van der Waals surface area (Å²) in [5.41, 5.74) is 6.96. The lowest BCUT2D eigenvalue weighted by Gasteiger charge is -2.20. The summed E-state index contributed by atoms with van der Waals surface area (Å²) >= 11 is 0. The molecule has 0 spiro atoms. The largest absolute Gasteiger partial charge is 0.493 e. The second kappa shape index (κ2) is 28.8. The molecular weight excluding hydrogens is 991 g/mol. The molecule has 0 radical (unpaired) electrons. The Morgan fingerprint density at radius 3 is 1.84 bits per heavy atom. The van der Waals surface area contributed by atoms with Gasteiger partial charge in [-0.05, 0) is 66.8 Å². The smallest absolute Gasteiger partial charge is 0.408 e. The molecule has 3 N–H and O–H groups in total. The Morgan fingerprint density at radius 2 is 1.23 bits per heavy atom. The molecule has 4 aliphatic rings. The van der Waals surface area contributed by atoms with Crippen molar-refractivity contribution in [3.63, 3.8) is 0 Å². The zero-order chi connectivity index (χ0) is 54.5. The Morgan fingerprint density at radius 1 is 0.675 bits per heavy atom. The number of carbonyl (C=O) groups is 5. The molecule has 4 heterocycles. The molecule has 2 saturated heterocycles. The van der Waals surface area contributed by atoms with E-state index in [2.05, 4.69) is 61.6 Å². The van der Waals surface area contributed by atoms with Crippen molar-refractivity contribution >= 4 is 53.5 Å². The topological polar surface area (TPSA) is 226 Å². The normalized spacial score (nSPS) is 16.0. The summed E-state index contributed by atoms with van der Waals surface area (Å²) in [6.07, 6.45) is 9.52. The molecule has 7 rings (SSSR count). The van der Waals surface area contributed by atoms with Gasteiger partial charge in [-0.2, -0.15) is 0 Å². The fourth-order valence-corrected chi connectivity index (χ4v) is 8.64. The molecule has 77 heavy (non-hydrogen) atoms. The van der Waals surface area contributed by atoms with Crippen LogP contribution in [0.1, 0.15) is 68.7 Å². The number of aryl methyl sites for hydroxylation is 1. The third kappa shape index (κ3) is 16.7. The van der Waals surface area contributed by atoms with Crippen LogP contribution in [0.15, 0.2) is 76.8 Å². The van der Waals surface area contributed by atoms with Crippen molar-refractivity contribution < 1.29 is 61.9 Å². The van der Waals surface area contributed by atoms with Crippen molar-refractivity contribution in [1.29, 1.82) is 0 Å². The maximum Gasteiger partial charge on any atom is 0.408 e. The summed E-state index contributed by atoms with van der Waals surface area (Å²) < 4.78 is 45.2. The van der Waals surface area contributed by atoms with E-state index < -0.39 is 6.09 Å². The van der Waals surface area contributed by atoms with Gasteiger partial charge in [0.25, 0.3) is 11.8 Å². The van der Waals surface area contributed by atoms with E-state index in [0.717, 1.165) is 27.8 Å². The number of terminal acetylenes is 1. The molecule has 0 bridgehead atoms. The fraction of sp³-hybridized carbons (Fsp3) is 0.421. The van der Waals surface area contributed by atoms with Crippen molar-refractivity contribution in [2.24, 2.45) is 9.98 Å². The van der Waals surface area contributed by atoms with Crippen LogP contribution < -0.4 is 30.2 Å². The molecule has 0 unspecified atom stereocenters. The summed E-state index contributed by atoms with van der Waals surface area (Å²) in [6, 6.07) is 12.5. The van der Waals surface area contributed by atoms with Crippen molar-refractivity contribution in [1.82, 2.24) is 25.8 Å². The van der Waals surface area contributed by atoms with Gasteiger partial charge in [0.2, 0.25) is 11.8 Å². The Kier molecular flexibility index (Phi) is 21.2. The number of aliphatic imine (C=N–C) groups is 2. The lowest BCUT2D eigenvalue weighted by molar-refractivity contribution is -0.122. The zero-order valence-electron chi connectivity index (χ0n) is 43.6. The molecule has 20 nitrogen and oxygen atoms in total. The van der Waals surface area contributed by atoms with E-state index in [4.69, 9.17) is 39.6 Å². The van der Waals surface area contributed by atoms with Crippen LogP contribution in [0.5, 0.6) is 17.2 Å². The molecule has 406 valence electrons. The SMILES string of the molecule is C#CCOC(=O)NCCC(=O)NCCOCCOCCOCCOCCC(=O)NCC#Cc1cc(COc2cc3c(cc2C)C(=O)N2CC(=C)C[C@H]2C=N3)cc(COc2cc3c(cc2OC)C(=O)N2CC(=C)C[C@H]2C=N3)c1. The highest BCUT2D eigenvalue weighted by Gasteiger charge is 2.35. The van der Waals surface area contributed by atoms with Crippen LogP contribution in [0, 0.1) is 31.1 Å². The predicted molar refractivity (Wildman–Crippen MR) is 286 cm³/mol. The van der Waals surface area contributed by atoms with Crippen LogP contribution in [0.4, 0.5) is 16.2 Å². The molecule has 5 amide bonds. The number of methoxy groups -OCH3 is 1.